The lowest BCUT2D eigenvalue weighted by atomic mass is 10.0. The van der Waals surface area contributed by atoms with Crippen LogP contribution < -0.4 is 10.0 Å². The van der Waals surface area contributed by atoms with E-state index in [0.717, 1.165) is 11.4 Å². The summed E-state index contributed by atoms with van der Waals surface area (Å²) in [5, 5.41) is 13.1. The second-order valence-electron chi connectivity index (χ2n) is 5.35. The molecule has 2 aromatic rings. The molecule has 0 bridgehead atoms. The van der Waals surface area contributed by atoms with Gasteiger partial charge in [-0.05, 0) is 57.3 Å². The Morgan fingerprint density at radius 3 is 2.27 bits per heavy atom. The Labute approximate surface area is 130 Å². The van der Waals surface area contributed by atoms with Crippen molar-refractivity contribution in [2.24, 2.45) is 0 Å². The minimum Gasteiger partial charge on any atom is -0.384 e. The molecule has 2 rings (SSSR count). The van der Waals surface area contributed by atoms with Crippen molar-refractivity contribution in [1.29, 1.82) is 0 Å². The van der Waals surface area contributed by atoms with Crippen molar-refractivity contribution >= 4 is 21.4 Å². The van der Waals surface area contributed by atoms with Gasteiger partial charge < -0.3 is 10.4 Å². The molecule has 0 fully saturated rings. The molecule has 1 heterocycles. The number of hydrogen-bond donors (Lipinski definition) is 3. The third-order valence-electron chi connectivity index (χ3n) is 3.11. The van der Waals surface area contributed by atoms with Crippen LogP contribution in [0.15, 0.2) is 47.5 Å². The molecule has 1 aromatic carbocycles. The minimum absolute atomic E-state index is 0.201. The number of nitrogens with zero attached hydrogens (tertiary/aromatic N) is 1. The second-order valence-corrected chi connectivity index (χ2v) is 7.23. The molecule has 0 spiro atoms. The number of rotatable bonds is 5. The average Bonchev–Trinajstić information content (AvgIpc) is 2.47. The quantitative estimate of drug-likeness (QED) is 0.783. The first kappa shape index (κ1) is 16.4. The molecule has 0 unspecified atom stereocenters. The summed E-state index contributed by atoms with van der Waals surface area (Å²) in [7, 11) is -2.06. The van der Waals surface area contributed by atoms with Crippen LogP contribution in [0.4, 0.5) is 11.4 Å². The van der Waals surface area contributed by atoms with E-state index in [1.54, 1.807) is 44.3 Å². The van der Waals surface area contributed by atoms with Crippen molar-refractivity contribution in [2.45, 2.75) is 24.3 Å². The molecule has 0 aliphatic carbocycles. The maximum Gasteiger partial charge on any atom is 0.240 e. The van der Waals surface area contributed by atoms with Gasteiger partial charge in [-0.25, -0.2) is 13.1 Å². The Bertz CT molecular complexity index is 750. The number of hydrogen-bond acceptors (Lipinski definition) is 5. The van der Waals surface area contributed by atoms with Crippen LogP contribution in [0.1, 0.15) is 19.5 Å². The molecule has 3 N–H and O–H groups in total. The topological polar surface area (TPSA) is 91.3 Å². The first-order valence-electron chi connectivity index (χ1n) is 6.72. The lowest BCUT2D eigenvalue weighted by Crippen LogP contribution is -2.18. The van der Waals surface area contributed by atoms with E-state index >= 15 is 0 Å². The molecule has 22 heavy (non-hydrogen) atoms. The van der Waals surface area contributed by atoms with Crippen molar-refractivity contribution < 1.29 is 13.5 Å². The monoisotopic (exact) mass is 321 g/mol. The average molecular weight is 321 g/mol. The Balaban J connectivity index is 2.22. The van der Waals surface area contributed by atoms with Crippen LogP contribution in [0.3, 0.4) is 0 Å². The number of benzene rings is 1. The van der Waals surface area contributed by atoms with Crippen LogP contribution in [0.5, 0.6) is 0 Å². The molecule has 0 atom stereocenters. The van der Waals surface area contributed by atoms with Gasteiger partial charge >= 0.3 is 0 Å². The van der Waals surface area contributed by atoms with Crippen molar-refractivity contribution in [3.8, 4) is 0 Å². The van der Waals surface area contributed by atoms with Crippen LogP contribution in [-0.4, -0.2) is 25.6 Å². The van der Waals surface area contributed by atoms with Gasteiger partial charge in [0.2, 0.25) is 10.0 Å². The molecular formula is C15H19N3O3S. The van der Waals surface area contributed by atoms with E-state index in [4.69, 9.17) is 0 Å². The summed E-state index contributed by atoms with van der Waals surface area (Å²) in [5.41, 5.74) is 1.02. The summed E-state index contributed by atoms with van der Waals surface area (Å²) < 4.78 is 25.6. The maximum absolute atomic E-state index is 11.7. The zero-order chi connectivity index (χ0) is 16.4. The largest absolute Gasteiger partial charge is 0.384 e. The predicted molar refractivity (Wildman–Crippen MR) is 85.5 cm³/mol. The Kier molecular flexibility index (Phi) is 4.50. The molecule has 6 nitrogen and oxygen atoms in total. The molecule has 0 amide bonds. The highest BCUT2D eigenvalue weighted by Crippen LogP contribution is 2.23. The minimum atomic E-state index is -3.43. The smallest absolute Gasteiger partial charge is 0.240 e. The summed E-state index contributed by atoms with van der Waals surface area (Å²) in [6.07, 6.45) is 1.61. The molecule has 7 heteroatoms. The molecule has 0 saturated heterocycles. The molecule has 0 aliphatic rings. The summed E-state index contributed by atoms with van der Waals surface area (Å²) in [6, 6.07) is 9.91. The van der Waals surface area contributed by atoms with E-state index < -0.39 is 15.6 Å². The van der Waals surface area contributed by atoms with Crippen LogP contribution in [0.2, 0.25) is 0 Å². The van der Waals surface area contributed by atoms with E-state index in [1.807, 2.05) is 0 Å². The van der Waals surface area contributed by atoms with E-state index in [0.29, 0.717) is 5.69 Å². The molecular weight excluding hydrogens is 302 g/mol. The number of nitrogens with one attached hydrogen (secondary N) is 2. The van der Waals surface area contributed by atoms with Crippen molar-refractivity contribution in [1.82, 2.24) is 9.71 Å². The summed E-state index contributed by atoms with van der Waals surface area (Å²) in [6.45, 7) is 3.33. The Hall–Kier alpha value is -1.96. The third kappa shape index (κ3) is 3.82. The van der Waals surface area contributed by atoms with Gasteiger partial charge in [-0.2, -0.15) is 0 Å². The Morgan fingerprint density at radius 2 is 1.73 bits per heavy atom. The van der Waals surface area contributed by atoms with E-state index in [1.165, 1.54) is 19.2 Å². The zero-order valence-corrected chi connectivity index (χ0v) is 13.5. The fourth-order valence-electron chi connectivity index (χ4n) is 1.84. The van der Waals surface area contributed by atoms with Gasteiger partial charge in [0.15, 0.2) is 0 Å². The highest BCUT2D eigenvalue weighted by molar-refractivity contribution is 7.89. The Morgan fingerprint density at radius 1 is 1.09 bits per heavy atom. The standard InChI is InChI=1S/C15H19N3O3S/c1-15(2,19)14-10-12(8-9-17-14)18-11-4-6-13(7-5-11)22(20,21)16-3/h4-10,16,19H,1-3H3,(H,17,18). The number of pyridine rings is 1. The van der Waals surface area contributed by atoms with Crippen LogP contribution in [0.25, 0.3) is 0 Å². The predicted octanol–water partition coefficient (Wildman–Crippen LogP) is 1.96. The van der Waals surface area contributed by atoms with Gasteiger partial charge in [-0.15, -0.1) is 0 Å². The molecule has 0 aliphatic heterocycles. The van der Waals surface area contributed by atoms with Crippen molar-refractivity contribution in [3.05, 3.63) is 48.3 Å². The van der Waals surface area contributed by atoms with Gasteiger partial charge in [-0.1, -0.05) is 0 Å². The molecule has 118 valence electrons. The van der Waals surface area contributed by atoms with Crippen molar-refractivity contribution in [3.63, 3.8) is 0 Å². The van der Waals surface area contributed by atoms with Gasteiger partial charge in [0.05, 0.1) is 10.6 Å². The molecule has 0 radical (unpaired) electrons. The summed E-state index contributed by atoms with van der Waals surface area (Å²) in [4.78, 5) is 4.33. The lowest BCUT2D eigenvalue weighted by molar-refractivity contribution is 0.0739. The normalized spacial score (nSPS) is 12.2. The van der Waals surface area contributed by atoms with E-state index in [2.05, 4.69) is 15.0 Å². The number of anilines is 2. The number of sulfonamides is 1. The van der Waals surface area contributed by atoms with Gasteiger partial charge in [0.25, 0.3) is 0 Å². The zero-order valence-electron chi connectivity index (χ0n) is 12.7. The maximum atomic E-state index is 11.7. The van der Waals surface area contributed by atoms with Crippen molar-refractivity contribution in [2.75, 3.05) is 12.4 Å². The van der Waals surface area contributed by atoms with Crippen LogP contribution in [-0.2, 0) is 15.6 Å². The van der Waals surface area contributed by atoms with Gasteiger partial charge in [0.1, 0.15) is 5.60 Å². The fourth-order valence-corrected chi connectivity index (χ4v) is 2.57. The number of aliphatic hydroxyl groups is 1. The number of aromatic nitrogens is 1. The summed E-state index contributed by atoms with van der Waals surface area (Å²) >= 11 is 0. The third-order valence-corrected chi connectivity index (χ3v) is 4.54. The van der Waals surface area contributed by atoms with Crippen LogP contribution in [0, 0.1) is 0 Å². The van der Waals surface area contributed by atoms with E-state index in [-0.39, 0.29) is 4.90 Å². The van der Waals surface area contributed by atoms with Gasteiger partial charge in [-0.3, -0.25) is 4.98 Å². The highest BCUT2D eigenvalue weighted by Gasteiger charge is 2.17. The second kappa shape index (κ2) is 6.04. The SMILES string of the molecule is CNS(=O)(=O)c1ccc(Nc2ccnc(C(C)(C)O)c2)cc1. The highest BCUT2D eigenvalue weighted by atomic mass is 32.2. The lowest BCUT2D eigenvalue weighted by Gasteiger charge is -2.17. The molecule has 1 aromatic heterocycles. The molecule has 0 saturated carbocycles. The van der Waals surface area contributed by atoms with Gasteiger partial charge in [0, 0.05) is 17.6 Å². The fraction of sp³-hybridized carbons (Fsp3) is 0.267. The first-order chi connectivity index (χ1) is 10.2. The van der Waals surface area contributed by atoms with E-state index in [9.17, 15) is 13.5 Å². The first-order valence-corrected chi connectivity index (χ1v) is 8.20. The van der Waals surface area contributed by atoms with Crippen LogP contribution >= 0.6 is 0 Å². The summed E-state index contributed by atoms with van der Waals surface area (Å²) in [5.74, 6) is 0.